The molecule has 0 bridgehead atoms. The summed E-state index contributed by atoms with van der Waals surface area (Å²) < 4.78 is 0. The minimum absolute atomic E-state index is 0.852. The molecule has 1 aliphatic carbocycles. The summed E-state index contributed by atoms with van der Waals surface area (Å²) in [5.74, 6) is 0. The molecule has 0 radical (unpaired) electrons. The Bertz CT molecular complexity index is 174. The molecule has 0 N–H and O–H groups in total. The van der Waals surface area contributed by atoms with Gasteiger partial charge in [-0.25, -0.2) is 0 Å². The first-order valence-corrected chi connectivity index (χ1v) is 9.46. The number of hydrogen-bond donors (Lipinski definition) is 0. The topological polar surface area (TPSA) is 0 Å². The van der Waals surface area contributed by atoms with Gasteiger partial charge in [0.25, 0.3) is 0 Å². The summed E-state index contributed by atoms with van der Waals surface area (Å²) in [4.78, 5) is 0. The molecule has 0 aromatic rings. The highest BCUT2D eigenvalue weighted by atomic mass is 28.3. The molecule has 0 fully saturated rings. The van der Waals surface area contributed by atoms with Gasteiger partial charge in [-0.2, -0.15) is 0 Å². The summed E-state index contributed by atoms with van der Waals surface area (Å²) in [7, 11) is -0.852. The number of rotatable bonds is 2. The third-order valence-corrected chi connectivity index (χ3v) is 4.16. The Morgan fingerprint density at radius 2 is 1.77 bits per heavy atom. The second-order valence-corrected chi connectivity index (χ2v) is 11.0. The fourth-order valence-electron chi connectivity index (χ4n) is 2.10. The third kappa shape index (κ3) is 5.30. The molecule has 0 amide bonds. The van der Waals surface area contributed by atoms with Gasteiger partial charge in [-0.3, -0.25) is 0 Å². The monoisotopic (exact) mass is 196 g/mol. The van der Waals surface area contributed by atoms with E-state index in [-0.39, 0.29) is 0 Å². The Morgan fingerprint density at radius 1 is 1.08 bits per heavy atom. The van der Waals surface area contributed by atoms with Crippen molar-refractivity contribution >= 4 is 8.07 Å². The van der Waals surface area contributed by atoms with Crippen molar-refractivity contribution in [1.29, 1.82) is 0 Å². The Balaban J connectivity index is 2.45. The molecule has 0 aromatic carbocycles. The van der Waals surface area contributed by atoms with Crippen LogP contribution in [0, 0.1) is 0 Å². The molecule has 0 saturated carbocycles. The highest BCUT2D eigenvalue weighted by Gasteiger charge is 2.15. The van der Waals surface area contributed by atoms with Crippen LogP contribution in [0.25, 0.3) is 0 Å². The van der Waals surface area contributed by atoms with Crippen LogP contribution in [0.3, 0.4) is 0 Å². The molecule has 1 aliphatic rings. The molecular formula is C12H24Si. The zero-order chi connectivity index (χ0) is 9.73. The van der Waals surface area contributed by atoms with Crippen molar-refractivity contribution in [2.75, 3.05) is 0 Å². The maximum Gasteiger partial charge on any atom is 0.0483 e. The normalized spacial score (nSPS) is 20.4. The standard InChI is InChI=1S/C12H24Si/c1-13(2,3)11-12-9-7-5-4-6-8-10-12/h9H,4-8,10-11H2,1-3H3. The average molecular weight is 196 g/mol. The molecule has 0 atom stereocenters. The van der Waals surface area contributed by atoms with Crippen LogP contribution in [0.4, 0.5) is 0 Å². The number of hydrogen-bond acceptors (Lipinski definition) is 0. The molecule has 13 heavy (non-hydrogen) atoms. The summed E-state index contributed by atoms with van der Waals surface area (Å²) in [6.07, 6.45) is 11.1. The first kappa shape index (κ1) is 11.0. The number of allylic oxidation sites excluding steroid dienone is 2. The smallest absolute Gasteiger partial charge is 0.0483 e. The highest BCUT2D eigenvalue weighted by molar-refractivity contribution is 6.76. The molecule has 0 aliphatic heterocycles. The Labute approximate surface area is 84.4 Å². The molecule has 76 valence electrons. The van der Waals surface area contributed by atoms with Gasteiger partial charge in [-0.15, -0.1) is 0 Å². The summed E-state index contributed by atoms with van der Waals surface area (Å²) in [6, 6.07) is 1.44. The molecule has 0 heterocycles. The molecule has 0 saturated heterocycles. The fourth-order valence-corrected chi connectivity index (χ4v) is 3.78. The molecule has 0 spiro atoms. The molecular weight excluding hydrogens is 172 g/mol. The van der Waals surface area contributed by atoms with E-state index < -0.39 is 8.07 Å². The van der Waals surface area contributed by atoms with Crippen molar-refractivity contribution in [2.24, 2.45) is 0 Å². The minimum atomic E-state index is -0.852. The molecule has 1 rings (SSSR count). The van der Waals surface area contributed by atoms with Crippen LogP contribution >= 0.6 is 0 Å². The van der Waals surface area contributed by atoms with E-state index in [9.17, 15) is 0 Å². The van der Waals surface area contributed by atoms with E-state index in [1.165, 1.54) is 44.6 Å². The van der Waals surface area contributed by atoms with Crippen molar-refractivity contribution in [2.45, 2.75) is 64.2 Å². The second kappa shape index (κ2) is 4.99. The maximum absolute atomic E-state index is 2.54. The lowest BCUT2D eigenvalue weighted by molar-refractivity contribution is 0.624. The van der Waals surface area contributed by atoms with Crippen molar-refractivity contribution in [3.8, 4) is 0 Å². The van der Waals surface area contributed by atoms with Crippen LogP contribution in [0.5, 0.6) is 0 Å². The second-order valence-electron chi connectivity index (χ2n) is 5.55. The van der Waals surface area contributed by atoms with Crippen LogP contribution in [-0.4, -0.2) is 8.07 Å². The van der Waals surface area contributed by atoms with Crippen molar-refractivity contribution in [1.82, 2.24) is 0 Å². The molecule has 1 heteroatoms. The van der Waals surface area contributed by atoms with Crippen molar-refractivity contribution in [3.05, 3.63) is 11.6 Å². The molecule has 0 nitrogen and oxygen atoms in total. The van der Waals surface area contributed by atoms with Crippen molar-refractivity contribution in [3.63, 3.8) is 0 Å². The Morgan fingerprint density at radius 3 is 2.46 bits per heavy atom. The van der Waals surface area contributed by atoms with E-state index in [1.54, 1.807) is 5.57 Å². The van der Waals surface area contributed by atoms with E-state index in [4.69, 9.17) is 0 Å². The SMILES string of the molecule is C[Si](C)(C)CC1=CCCCCCC1. The molecule has 0 unspecified atom stereocenters. The Kier molecular flexibility index (Phi) is 4.24. The summed E-state index contributed by atoms with van der Waals surface area (Å²) in [6.45, 7) is 7.44. The quantitative estimate of drug-likeness (QED) is 0.447. The third-order valence-electron chi connectivity index (χ3n) is 2.64. The zero-order valence-electron chi connectivity index (χ0n) is 9.53. The van der Waals surface area contributed by atoms with Gasteiger partial charge in [0.1, 0.15) is 0 Å². The summed E-state index contributed by atoms with van der Waals surface area (Å²) >= 11 is 0. The van der Waals surface area contributed by atoms with E-state index in [0.29, 0.717) is 0 Å². The van der Waals surface area contributed by atoms with Gasteiger partial charge >= 0.3 is 0 Å². The largest absolute Gasteiger partial charge is 0.0856 e. The van der Waals surface area contributed by atoms with Gasteiger partial charge in [-0.1, -0.05) is 44.1 Å². The maximum atomic E-state index is 2.54. The highest BCUT2D eigenvalue weighted by Crippen LogP contribution is 2.24. The van der Waals surface area contributed by atoms with Crippen molar-refractivity contribution < 1.29 is 0 Å². The lowest BCUT2D eigenvalue weighted by Gasteiger charge is -2.19. The summed E-state index contributed by atoms with van der Waals surface area (Å²) in [5, 5.41) is 0. The first-order valence-electron chi connectivity index (χ1n) is 5.76. The van der Waals surface area contributed by atoms with Gasteiger partial charge in [0, 0.05) is 8.07 Å². The van der Waals surface area contributed by atoms with E-state index >= 15 is 0 Å². The lowest BCUT2D eigenvalue weighted by atomic mass is 10.0. The zero-order valence-corrected chi connectivity index (χ0v) is 10.5. The molecule has 0 aromatic heterocycles. The van der Waals surface area contributed by atoms with Crippen LogP contribution in [0.15, 0.2) is 11.6 Å². The first-order chi connectivity index (χ1) is 6.08. The van der Waals surface area contributed by atoms with Gasteiger partial charge in [0.2, 0.25) is 0 Å². The fraction of sp³-hybridized carbons (Fsp3) is 0.833. The van der Waals surface area contributed by atoms with Gasteiger partial charge in [-0.05, 0) is 31.7 Å². The van der Waals surface area contributed by atoms with Crippen LogP contribution in [0.2, 0.25) is 25.7 Å². The predicted octanol–water partition coefficient (Wildman–Crippen LogP) is 4.61. The minimum Gasteiger partial charge on any atom is -0.0856 e. The van der Waals surface area contributed by atoms with Gasteiger partial charge < -0.3 is 0 Å². The van der Waals surface area contributed by atoms with Crippen LogP contribution in [0.1, 0.15) is 38.5 Å². The Hall–Kier alpha value is -0.0431. The summed E-state index contributed by atoms with van der Waals surface area (Å²) in [5.41, 5.74) is 1.78. The van der Waals surface area contributed by atoms with E-state index in [0.717, 1.165) is 0 Å². The average Bonchev–Trinajstić information content (AvgIpc) is 1.92. The van der Waals surface area contributed by atoms with Crippen LogP contribution < -0.4 is 0 Å². The van der Waals surface area contributed by atoms with Gasteiger partial charge in [0.15, 0.2) is 0 Å². The lowest BCUT2D eigenvalue weighted by Crippen LogP contribution is -2.20. The van der Waals surface area contributed by atoms with E-state index in [2.05, 4.69) is 25.7 Å². The van der Waals surface area contributed by atoms with Gasteiger partial charge in [0.05, 0.1) is 0 Å². The van der Waals surface area contributed by atoms with E-state index in [1.807, 2.05) is 0 Å². The van der Waals surface area contributed by atoms with Crippen LogP contribution in [-0.2, 0) is 0 Å². The predicted molar refractivity (Wildman–Crippen MR) is 63.9 cm³/mol.